The van der Waals surface area contributed by atoms with Crippen LogP contribution in [0.5, 0.6) is 5.88 Å². The molecule has 0 aliphatic carbocycles. The molecular weight excluding hydrogens is 304 g/mol. The summed E-state index contributed by atoms with van der Waals surface area (Å²) < 4.78 is 14.1. The van der Waals surface area contributed by atoms with E-state index >= 15 is 0 Å². The van der Waals surface area contributed by atoms with E-state index in [-0.39, 0.29) is 11.7 Å². The molecule has 2 aliphatic rings. The number of ether oxygens (including phenoxy) is 2. The summed E-state index contributed by atoms with van der Waals surface area (Å²) in [4.78, 5) is 6.68. The van der Waals surface area contributed by atoms with E-state index in [0.717, 1.165) is 45.6 Å². The van der Waals surface area contributed by atoms with Gasteiger partial charge in [0.15, 0.2) is 0 Å². The molecule has 2 saturated heterocycles. The smallest absolute Gasteiger partial charge is 0.213 e. The molecule has 2 fully saturated rings. The van der Waals surface area contributed by atoms with Gasteiger partial charge in [0, 0.05) is 63.0 Å². The van der Waals surface area contributed by atoms with Crippen LogP contribution in [0.3, 0.4) is 0 Å². The van der Waals surface area contributed by atoms with E-state index < -0.39 is 0 Å². The standard InChI is InChI=1S/C18H24N4O2/c1-2-22-12-15(10-20-22)11-21-13-18(14-21)9-16(6-8-23-18)24-17-5-3-4-7-19-17/h3-5,7,10,12,16H,2,6,8-9,11,13-14H2,1H3. The monoisotopic (exact) mass is 328 g/mol. The van der Waals surface area contributed by atoms with Crippen LogP contribution >= 0.6 is 0 Å². The quantitative estimate of drug-likeness (QED) is 0.841. The summed E-state index contributed by atoms with van der Waals surface area (Å²) in [5, 5.41) is 4.34. The first-order valence-electron chi connectivity index (χ1n) is 8.70. The van der Waals surface area contributed by atoms with Crippen LogP contribution in [-0.4, -0.2) is 51.1 Å². The SMILES string of the molecule is CCn1cc(CN2CC3(CC(Oc4ccccn4)CCO3)C2)cn1. The van der Waals surface area contributed by atoms with Gasteiger partial charge in [0.25, 0.3) is 0 Å². The summed E-state index contributed by atoms with van der Waals surface area (Å²) >= 11 is 0. The van der Waals surface area contributed by atoms with Gasteiger partial charge >= 0.3 is 0 Å². The predicted molar refractivity (Wildman–Crippen MR) is 89.7 cm³/mol. The Morgan fingerprint density at radius 2 is 2.29 bits per heavy atom. The molecule has 6 heteroatoms. The lowest BCUT2D eigenvalue weighted by Crippen LogP contribution is -2.65. The second-order valence-corrected chi connectivity index (χ2v) is 6.78. The van der Waals surface area contributed by atoms with Crippen LogP contribution in [0, 0.1) is 0 Å². The largest absolute Gasteiger partial charge is 0.474 e. The first kappa shape index (κ1) is 15.6. The van der Waals surface area contributed by atoms with E-state index in [1.54, 1.807) is 6.20 Å². The molecule has 0 bridgehead atoms. The second kappa shape index (κ2) is 6.53. The van der Waals surface area contributed by atoms with Crippen molar-refractivity contribution in [3.8, 4) is 5.88 Å². The molecule has 6 nitrogen and oxygen atoms in total. The van der Waals surface area contributed by atoms with Gasteiger partial charge in [-0.25, -0.2) is 4.98 Å². The Morgan fingerprint density at radius 3 is 3.04 bits per heavy atom. The van der Waals surface area contributed by atoms with Crippen molar-refractivity contribution in [2.75, 3.05) is 19.7 Å². The van der Waals surface area contributed by atoms with E-state index in [1.807, 2.05) is 29.1 Å². The van der Waals surface area contributed by atoms with Gasteiger partial charge in [-0.05, 0) is 13.0 Å². The molecule has 1 atom stereocenters. The van der Waals surface area contributed by atoms with Crippen molar-refractivity contribution in [3.63, 3.8) is 0 Å². The van der Waals surface area contributed by atoms with Crippen LogP contribution in [-0.2, 0) is 17.8 Å². The van der Waals surface area contributed by atoms with Crippen LogP contribution in [0.15, 0.2) is 36.8 Å². The summed E-state index contributed by atoms with van der Waals surface area (Å²) in [5.41, 5.74) is 1.22. The topological polar surface area (TPSA) is 52.4 Å². The highest BCUT2D eigenvalue weighted by Gasteiger charge is 2.48. The number of hydrogen-bond donors (Lipinski definition) is 0. The lowest BCUT2D eigenvalue weighted by molar-refractivity contribution is -0.188. The van der Waals surface area contributed by atoms with Crippen molar-refractivity contribution in [3.05, 3.63) is 42.4 Å². The van der Waals surface area contributed by atoms with E-state index in [2.05, 4.69) is 28.1 Å². The maximum absolute atomic E-state index is 6.10. The van der Waals surface area contributed by atoms with Crippen molar-refractivity contribution in [2.45, 2.75) is 44.6 Å². The van der Waals surface area contributed by atoms with Gasteiger partial charge in [0.1, 0.15) is 6.10 Å². The highest BCUT2D eigenvalue weighted by Crippen LogP contribution is 2.36. The highest BCUT2D eigenvalue weighted by molar-refractivity contribution is 5.12. The minimum atomic E-state index is -0.0432. The van der Waals surface area contributed by atoms with Crippen molar-refractivity contribution in [2.24, 2.45) is 0 Å². The molecule has 1 unspecified atom stereocenters. The minimum Gasteiger partial charge on any atom is -0.474 e. The van der Waals surface area contributed by atoms with E-state index in [1.165, 1.54) is 5.56 Å². The van der Waals surface area contributed by atoms with Crippen molar-refractivity contribution in [1.29, 1.82) is 0 Å². The minimum absolute atomic E-state index is 0.0432. The molecule has 2 aromatic rings. The van der Waals surface area contributed by atoms with Crippen LogP contribution in [0.4, 0.5) is 0 Å². The van der Waals surface area contributed by atoms with Gasteiger partial charge in [-0.3, -0.25) is 9.58 Å². The zero-order valence-electron chi connectivity index (χ0n) is 14.1. The fourth-order valence-corrected chi connectivity index (χ4v) is 3.69. The fraction of sp³-hybridized carbons (Fsp3) is 0.556. The van der Waals surface area contributed by atoms with E-state index in [9.17, 15) is 0 Å². The molecule has 24 heavy (non-hydrogen) atoms. The maximum atomic E-state index is 6.10. The summed E-state index contributed by atoms with van der Waals surface area (Å²) in [7, 11) is 0. The predicted octanol–water partition coefficient (Wildman–Crippen LogP) is 2.11. The summed E-state index contributed by atoms with van der Waals surface area (Å²) in [6, 6.07) is 5.78. The molecule has 0 radical (unpaired) electrons. The molecule has 2 aliphatic heterocycles. The third-order valence-corrected chi connectivity index (χ3v) is 4.81. The summed E-state index contributed by atoms with van der Waals surface area (Å²) in [5.74, 6) is 0.711. The van der Waals surface area contributed by atoms with Gasteiger partial charge in [-0.15, -0.1) is 0 Å². The van der Waals surface area contributed by atoms with Crippen molar-refractivity contribution < 1.29 is 9.47 Å². The van der Waals surface area contributed by atoms with Crippen molar-refractivity contribution in [1.82, 2.24) is 19.7 Å². The van der Waals surface area contributed by atoms with Gasteiger partial charge in [-0.2, -0.15) is 5.10 Å². The lowest BCUT2D eigenvalue weighted by Gasteiger charge is -2.53. The normalized spacial score (nSPS) is 23.1. The molecule has 0 N–H and O–H groups in total. The molecular formula is C18H24N4O2. The van der Waals surface area contributed by atoms with Gasteiger partial charge in [-0.1, -0.05) is 6.07 Å². The average molecular weight is 328 g/mol. The average Bonchev–Trinajstić information content (AvgIpc) is 3.02. The number of aromatic nitrogens is 3. The molecule has 0 saturated carbocycles. The Labute approximate surface area is 142 Å². The van der Waals surface area contributed by atoms with Crippen LogP contribution in [0.25, 0.3) is 0 Å². The van der Waals surface area contributed by atoms with Crippen LogP contribution in [0.1, 0.15) is 25.3 Å². The van der Waals surface area contributed by atoms with Crippen molar-refractivity contribution >= 4 is 0 Å². The Bertz CT molecular complexity index is 667. The van der Waals surface area contributed by atoms with E-state index in [0.29, 0.717) is 5.88 Å². The number of hydrogen-bond acceptors (Lipinski definition) is 5. The lowest BCUT2D eigenvalue weighted by atomic mass is 9.84. The summed E-state index contributed by atoms with van der Waals surface area (Å²) in [6.45, 7) is 6.65. The zero-order chi connectivity index (χ0) is 16.4. The highest BCUT2D eigenvalue weighted by atomic mass is 16.5. The number of likely N-dealkylation sites (tertiary alicyclic amines) is 1. The molecule has 2 aromatic heterocycles. The number of pyridine rings is 1. The first-order chi connectivity index (χ1) is 11.7. The number of rotatable bonds is 5. The number of nitrogens with zero attached hydrogens (tertiary/aromatic N) is 4. The van der Waals surface area contributed by atoms with Gasteiger partial charge in [0.05, 0.1) is 18.4 Å². The Morgan fingerprint density at radius 1 is 1.38 bits per heavy atom. The van der Waals surface area contributed by atoms with E-state index in [4.69, 9.17) is 9.47 Å². The molecule has 0 aromatic carbocycles. The van der Waals surface area contributed by atoms with Crippen LogP contribution < -0.4 is 4.74 Å². The molecule has 1 spiro atoms. The van der Waals surface area contributed by atoms with Gasteiger partial charge < -0.3 is 9.47 Å². The fourth-order valence-electron chi connectivity index (χ4n) is 3.69. The Hall–Kier alpha value is -1.92. The van der Waals surface area contributed by atoms with Crippen LogP contribution in [0.2, 0.25) is 0 Å². The summed E-state index contributed by atoms with van der Waals surface area (Å²) in [6.07, 6.45) is 7.92. The molecule has 4 heterocycles. The van der Waals surface area contributed by atoms with Gasteiger partial charge in [0.2, 0.25) is 5.88 Å². The molecule has 0 amide bonds. The Balaban J connectivity index is 1.30. The maximum Gasteiger partial charge on any atom is 0.213 e. The Kier molecular flexibility index (Phi) is 4.24. The second-order valence-electron chi connectivity index (χ2n) is 6.78. The zero-order valence-corrected chi connectivity index (χ0v) is 14.1. The number of aryl methyl sites for hydroxylation is 1. The third-order valence-electron chi connectivity index (χ3n) is 4.81. The molecule has 4 rings (SSSR count). The first-order valence-corrected chi connectivity index (χ1v) is 8.70. The molecule has 128 valence electrons. The third kappa shape index (κ3) is 3.30.